The predicted octanol–water partition coefficient (Wildman–Crippen LogP) is 4.42. The second-order valence-electron chi connectivity index (χ2n) is 5.12. The lowest BCUT2D eigenvalue weighted by atomic mass is 9.95. The van der Waals surface area contributed by atoms with Crippen LogP contribution in [-0.4, -0.2) is 6.54 Å². The maximum absolute atomic E-state index is 14.2. The van der Waals surface area contributed by atoms with E-state index in [9.17, 15) is 13.2 Å². The van der Waals surface area contributed by atoms with Crippen LogP contribution in [0.1, 0.15) is 35.2 Å². The van der Waals surface area contributed by atoms with Crippen molar-refractivity contribution in [3.05, 3.63) is 70.0 Å². The van der Waals surface area contributed by atoms with Gasteiger partial charge in [0, 0.05) is 11.1 Å². The molecule has 0 aliphatic rings. The van der Waals surface area contributed by atoms with Crippen molar-refractivity contribution in [1.29, 1.82) is 0 Å². The van der Waals surface area contributed by atoms with Crippen molar-refractivity contribution in [2.75, 3.05) is 6.54 Å². The fraction of sp³-hybridized carbons (Fsp3) is 0.294. The first-order valence-corrected chi connectivity index (χ1v) is 6.89. The summed E-state index contributed by atoms with van der Waals surface area (Å²) in [7, 11) is 0. The topological polar surface area (TPSA) is 12.0 Å². The first kappa shape index (κ1) is 15.6. The molecule has 112 valence electrons. The van der Waals surface area contributed by atoms with Gasteiger partial charge in [0.15, 0.2) is 11.6 Å². The minimum Gasteiger partial charge on any atom is -0.306 e. The second-order valence-corrected chi connectivity index (χ2v) is 5.12. The van der Waals surface area contributed by atoms with Crippen LogP contribution in [0.4, 0.5) is 13.2 Å². The molecule has 0 saturated carbocycles. The number of rotatable bonds is 4. The summed E-state index contributed by atoms with van der Waals surface area (Å²) < 4.78 is 42.1. The number of hydrogen-bond acceptors (Lipinski definition) is 1. The minimum atomic E-state index is -0.929. The highest BCUT2D eigenvalue weighted by Crippen LogP contribution is 2.29. The fourth-order valence-electron chi connectivity index (χ4n) is 2.36. The zero-order valence-corrected chi connectivity index (χ0v) is 12.3. The number of halogens is 3. The van der Waals surface area contributed by atoms with Crippen LogP contribution in [0, 0.1) is 31.3 Å². The van der Waals surface area contributed by atoms with Gasteiger partial charge in [0.1, 0.15) is 5.82 Å². The molecule has 1 unspecified atom stereocenters. The largest absolute Gasteiger partial charge is 0.306 e. The van der Waals surface area contributed by atoms with Crippen molar-refractivity contribution in [3.8, 4) is 0 Å². The first-order valence-electron chi connectivity index (χ1n) is 6.89. The SMILES string of the molecule is CCNC(c1cc(C)ccc1F)c1ccc(C)c(F)c1F. The van der Waals surface area contributed by atoms with Crippen LogP contribution in [0.25, 0.3) is 0 Å². The Morgan fingerprint density at radius 3 is 2.33 bits per heavy atom. The van der Waals surface area contributed by atoms with Gasteiger partial charge in [-0.15, -0.1) is 0 Å². The molecule has 0 aliphatic heterocycles. The Balaban J connectivity index is 2.59. The summed E-state index contributed by atoms with van der Waals surface area (Å²) in [6, 6.07) is 6.94. The normalized spacial score (nSPS) is 12.5. The van der Waals surface area contributed by atoms with Crippen LogP contribution in [0.2, 0.25) is 0 Å². The number of hydrogen-bond donors (Lipinski definition) is 1. The van der Waals surface area contributed by atoms with Gasteiger partial charge in [0.2, 0.25) is 0 Å². The van der Waals surface area contributed by atoms with Crippen molar-refractivity contribution in [3.63, 3.8) is 0 Å². The van der Waals surface area contributed by atoms with Gasteiger partial charge in [0.25, 0.3) is 0 Å². The molecule has 0 amide bonds. The van der Waals surface area contributed by atoms with Crippen LogP contribution in [-0.2, 0) is 0 Å². The van der Waals surface area contributed by atoms with Crippen LogP contribution < -0.4 is 5.32 Å². The molecule has 2 rings (SSSR count). The molecule has 4 heteroatoms. The van der Waals surface area contributed by atoms with Crippen LogP contribution in [0.3, 0.4) is 0 Å². The quantitative estimate of drug-likeness (QED) is 0.880. The van der Waals surface area contributed by atoms with E-state index in [-0.39, 0.29) is 11.1 Å². The molecular formula is C17H18F3N. The zero-order valence-electron chi connectivity index (χ0n) is 12.3. The van der Waals surface area contributed by atoms with E-state index in [1.165, 1.54) is 25.1 Å². The summed E-state index contributed by atoms with van der Waals surface area (Å²) in [4.78, 5) is 0. The molecule has 0 spiro atoms. The molecule has 0 saturated heterocycles. The highest BCUT2D eigenvalue weighted by molar-refractivity contribution is 5.37. The van der Waals surface area contributed by atoms with E-state index in [0.717, 1.165) is 5.56 Å². The molecule has 0 aliphatic carbocycles. The van der Waals surface area contributed by atoms with Gasteiger partial charge in [-0.2, -0.15) is 0 Å². The molecule has 0 heterocycles. The monoisotopic (exact) mass is 293 g/mol. The smallest absolute Gasteiger partial charge is 0.164 e. The van der Waals surface area contributed by atoms with Gasteiger partial charge < -0.3 is 5.32 Å². The van der Waals surface area contributed by atoms with E-state index >= 15 is 0 Å². The van der Waals surface area contributed by atoms with E-state index in [1.54, 1.807) is 12.1 Å². The standard InChI is InChI=1S/C17H18F3N/c1-4-21-17(13-9-10(2)5-8-14(13)18)12-7-6-11(3)15(19)16(12)20/h5-9,17,21H,4H2,1-3H3. The molecule has 21 heavy (non-hydrogen) atoms. The molecule has 0 fully saturated rings. The van der Waals surface area contributed by atoms with E-state index in [1.807, 2.05) is 13.8 Å². The first-order chi connectivity index (χ1) is 9.95. The third-order valence-corrected chi connectivity index (χ3v) is 3.49. The van der Waals surface area contributed by atoms with Crippen molar-refractivity contribution >= 4 is 0 Å². The van der Waals surface area contributed by atoms with Crippen molar-refractivity contribution < 1.29 is 13.2 Å². The Morgan fingerprint density at radius 1 is 0.952 bits per heavy atom. The van der Waals surface area contributed by atoms with Gasteiger partial charge in [-0.05, 0) is 32.0 Å². The van der Waals surface area contributed by atoms with Crippen LogP contribution in [0.15, 0.2) is 30.3 Å². The zero-order chi connectivity index (χ0) is 15.6. The lowest BCUT2D eigenvalue weighted by Gasteiger charge is -2.21. The minimum absolute atomic E-state index is 0.115. The van der Waals surface area contributed by atoms with Gasteiger partial charge >= 0.3 is 0 Å². The number of nitrogens with one attached hydrogen (secondary N) is 1. The van der Waals surface area contributed by atoms with Crippen molar-refractivity contribution in [2.45, 2.75) is 26.8 Å². The molecule has 2 aromatic rings. The molecule has 1 atom stereocenters. The summed E-state index contributed by atoms with van der Waals surface area (Å²) in [5.74, 6) is -2.25. The third-order valence-electron chi connectivity index (χ3n) is 3.49. The lowest BCUT2D eigenvalue weighted by Crippen LogP contribution is -2.24. The highest BCUT2D eigenvalue weighted by Gasteiger charge is 2.23. The average molecular weight is 293 g/mol. The Kier molecular flexibility index (Phi) is 4.68. The van der Waals surface area contributed by atoms with Crippen molar-refractivity contribution in [2.24, 2.45) is 0 Å². The maximum Gasteiger partial charge on any atom is 0.164 e. The lowest BCUT2D eigenvalue weighted by molar-refractivity contribution is 0.473. The molecule has 2 aromatic carbocycles. The van der Waals surface area contributed by atoms with E-state index < -0.39 is 23.5 Å². The van der Waals surface area contributed by atoms with Crippen molar-refractivity contribution in [1.82, 2.24) is 5.32 Å². The summed E-state index contributed by atoms with van der Waals surface area (Å²) in [5.41, 5.74) is 1.53. The highest BCUT2D eigenvalue weighted by atomic mass is 19.2. The number of aryl methyl sites for hydroxylation is 2. The fourth-order valence-corrected chi connectivity index (χ4v) is 2.36. The molecule has 0 bridgehead atoms. The molecule has 0 radical (unpaired) electrons. The van der Waals surface area contributed by atoms with Crippen LogP contribution >= 0.6 is 0 Å². The van der Waals surface area contributed by atoms with Gasteiger partial charge in [0.05, 0.1) is 6.04 Å². The number of benzene rings is 2. The summed E-state index contributed by atoms with van der Waals surface area (Å²) in [6.07, 6.45) is 0. The summed E-state index contributed by atoms with van der Waals surface area (Å²) in [5, 5.41) is 3.02. The average Bonchev–Trinajstić information content (AvgIpc) is 2.46. The van der Waals surface area contributed by atoms with Gasteiger partial charge in [-0.3, -0.25) is 0 Å². The van der Waals surface area contributed by atoms with E-state index in [2.05, 4.69) is 5.32 Å². The third kappa shape index (κ3) is 3.10. The Bertz CT molecular complexity index is 653. The van der Waals surface area contributed by atoms with E-state index in [4.69, 9.17) is 0 Å². The van der Waals surface area contributed by atoms with Gasteiger partial charge in [-0.1, -0.05) is 36.8 Å². The summed E-state index contributed by atoms with van der Waals surface area (Å²) >= 11 is 0. The Labute approximate surface area is 122 Å². The Hall–Kier alpha value is -1.81. The Morgan fingerprint density at radius 2 is 1.67 bits per heavy atom. The van der Waals surface area contributed by atoms with Gasteiger partial charge in [-0.25, -0.2) is 13.2 Å². The molecule has 0 aromatic heterocycles. The van der Waals surface area contributed by atoms with Crippen LogP contribution in [0.5, 0.6) is 0 Å². The predicted molar refractivity (Wildman–Crippen MR) is 77.8 cm³/mol. The molecular weight excluding hydrogens is 275 g/mol. The maximum atomic E-state index is 14.2. The second kappa shape index (κ2) is 6.31. The van der Waals surface area contributed by atoms with E-state index in [0.29, 0.717) is 12.1 Å². The molecule has 1 N–H and O–H groups in total. The molecule has 1 nitrogen and oxygen atoms in total. The summed E-state index contributed by atoms with van der Waals surface area (Å²) in [6.45, 7) is 5.67.